The van der Waals surface area contributed by atoms with Crippen LogP contribution < -0.4 is 4.43 Å². The van der Waals surface area contributed by atoms with E-state index in [1.54, 1.807) is 12.1 Å². The Labute approximate surface area is 128 Å². The van der Waals surface area contributed by atoms with Gasteiger partial charge in [0.1, 0.15) is 11.5 Å². The first-order valence-electron chi connectivity index (χ1n) is 7.27. The highest BCUT2D eigenvalue weighted by Gasteiger charge is 2.38. The van der Waals surface area contributed by atoms with E-state index in [2.05, 4.69) is 46.0 Å². The van der Waals surface area contributed by atoms with Gasteiger partial charge in [0.25, 0.3) is 0 Å². The number of benzene rings is 2. The van der Waals surface area contributed by atoms with E-state index >= 15 is 0 Å². The molecule has 0 amide bonds. The summed E-state index contributed by atoms with van der Waals surface area (Å²) in [5.74, 6) is 1.22. The molecule has 1 N–H and O–H groups in total. The lowest BCUT2D eigenvalue weighted by atomic mass is 10.1. The Morgan fingerprint density at radius 3 is 1.67 bits per heavy atom. The van der Waals surface area contributed by atoms with Crippen LogP contribution in [0.1, 0.15) is 20.8 Å². The third-order valence-corrected chi connectivity index (χ3v) is 8.59. The molecule has 0 aliphatic heterocycles. The summed E-state index contributed by atoms with van der Waals surface area (Å²) in [5.41, 5.74) is 2.21. The quantitative estimate of drug-likeness (QED) is 0.764. The summed E-state index contributed by atoms with van der Waals surface area (Å²) in [6.07, 6.45) is 0. The molecule has 21 heavy (non-hydrogen) atoms. The molecule has 2 aromatic carbocycles. The monoisotopic (exact) mass is 300 g/mol. The van der Waals surface area contributed by atoms with Gasteiger partial charge in [-0.15, -0.1) is 0 Å². The minimum atomic E-state index is -1.78. The van der Waals surface area contributed by atoms with Gasteiger partial charge in [-0.05, 0) is 53.5 Å². The van der Waals surface area contributed by atoms with Gasteiger partial charge >= 0.3 is 0 Å². The Morgan fingerprint density at radius 2 is 1.24 bits per heavy atom. The van der Waals surface area contributed by atoms with Crippen LogP contribution in [-0.2, 0) is 0 Å². The Kier molecular flexibility index (Phi) is 4.15. The lowest BCUT2D eigenvalue weighted by Crippen LogP contribution is -2.43. The average Bonchev–Trinajstić information content (AvgIpc) is 2.39. The first-order valence-corrected chi connectivity index (χ1v) is 10.2. The van der Waals surface area contributed by atoms with Crippen molar-refractivity contribution >= 4 is 8.32 Å². The zero-order valence-corrected chi connectivity index (χ0v) is 14.5. The van der Waals surface area contributed by atoms with E-state index in [1.165, 1.54) is 0 Å². The van der Waals surface area contributed by atoms with E-state index in [0.29, 0.717) is 0 Å². The fourth-order valence-electron chi connectivity index (χ4n) is 1.82. The molecule has 0 saturated heterocycles. The fourth-order valence-corrected chi connectivity index (χ4v) is 2.85. The second-order valence-corrected chi connectivity index (χ2v) is 11.7. The van der Waals surface area contributed by atoms with Gasteiger partial charge in [0, 0.05) is 0 Å². The van der Waals surface area contributed by atoms with E-state index < -0.39 is 8.32 Å². The van der Waals surface area contributed by atoms with Crippen molar-refractivity contribution in [2.45, 2.75) is 38.9 Å². The first kappa shape index (κ1) is 15.6. The van der Waals surface area contributed by atoms with Gasteiger partial charge < -0.3 is 9.53 Å². The molecule has 2 nitrogen and oxygen atoms in total. The summed E-state index contributed by atoms with van der Waals surface area (Å²) in [6.45, 7) is 11.2. The van der Waals surface area contributed by atoms with Crippen LogP contribution in [0.4, 0.5) is 0 Å². The molecule has 0 aliphatic carbocycles. The van der Waals surface area contributed by atoms with E-state index in [9.17, 15) is 5.11 Å². The van der Waals surface area contributed by atoms with Gasteiger partial charge in [-0.2, -0.15) is 0 Å². The lowest BCUT2D eigenvalue weighted by Gasteiger charge is -2.36. The predicted octanol–water partition coefficient (Wildman–Crippen LogP) is 5.44. The number of phenols is 1. The lowest BCUT2D eigenvalue weighted by molar-refractivity contribution is 0.475. The molecule has 0 bridgehead atoms. The summed E-state index contributed by atoms with van der Waals surface area (Å²) < 4.78 is 6.28. The number of hydrogen-bond acceptors (Lipinski definition) is 2. The molecule has 0 fully saturated rings. The van der Waals surface area contributed by atoms with Crippen LogP contribution in [0.15, 0.2) is 48.5 Å². The maximum absolute atomic E-state index is 9.34. The fraction of sp³-hybridized carbons (Fsp3) is 0.333. The average molecular weight is 300 g/mol. The molecular formula is C18H24O2Si. The van der Waals surface area contributed by atoms with Crippen molar-refractivity contribution in [3.63, 3.8) is 0 Å². The van der Waals surface area contributed by atoms with Gasteiger partial charge in [-0.1, -0.05) is 45.0 Å². The second kappa shape index (κ2) is 5.56. The molecule has 0 spiro atoms. The molecule has 2 rings (SSSR count). The molecular weight excluding hydrogens is 276 g/mol. The van der Waals surface area contributed by atoms with Crippen LogP contribution in [0.3, 0.4) is 0 Å². The molecule has 0 atom stereocenters. The SMILES string of the molecule is CC(C)(C)[Si](C)(C)Oc1ccc(-c2ccc(O)cc2)cc1. The molecule has 2 aromatic rings. The number of hydrogen-bond donors (Lipinski definition) is 1. The zero-order valence-electron chi connectivity index (χ0n) is 13.5. The second-order valence-electron chi connectivity index (χ2n) is 6.93. The molecule has 0 unspecified atom stereocenters. The van der Waals surface area contributed by atoms with Gasteiger partial charge in [0.2, 0.25) is 8.32 Å². The zero-order chi connectivity index (χ0) is 15.7. The molecule has 0 saturated carbocycles. The smallest absolute Gasteiger partial charge is 0.250 e. The van der Waals surface area contributed by atoms with Gasteiger partial charge in [0.15, 0.2) is 0 Å². The molecule has 112 valence electrons. The maximum atomic E-state index is 9.34. The first-order chi connectivity index (χ1) is 9.69. The van der Waals surface area contributed by atoms with E-state index in [0.717, 1.165) is 16.9 Å². The third-order valence-electron chi connectivity index (χ3n) is 4.23. The number of phenolic OH excluding ortho intramolecular Hbond substituents is 1. The van der Waals surface area contributed by atoms with Crippen molar-refractivity contribution < 1.29 is 9.53 Å². The van der Waals surface area contributed by atoms with Gasteiger partial charge in [-0.3, -0.25) is 0 Å². The molecule has 0 aromatic heterocycles. The standard InChI is InChI=1S/C18H24O2Si/c1-18(2,3)21(4,5)20-17-12-8-15(9-13-17)14-6-10-16(19)11-7-14/h6-13,19H,1-5H3. The molecule has 0 aliphatic rings. The third kappa shape index (κ3) is 3.67. The van der Waals surface area contributed by atoms with E-state index in [1.807, 2.05) is 24.3 Å². The van der Waals surface area contributed by atoms with Gasteiger partial charge in [0.05, 0.1) is 0 Å². The highest BCUT2D eigenvalue weighted by atomic mass is 28.4. The number of aromatic hydroxyl groups is 1. The van der Waals surface area contributed by atoms with E-state index in [-0.39, 0.29) is 10.8 Å². The normalized spacial score (nSPS) is 12.2. The Bertz CT molecular complexity index is 593. The molecule has 3 heteroatoms. The predicted molar refractivity (Wildman–Crippen MR) is 91.4 cm³/mol. The van der Waals surface area contributed by atoms with Crippen LogP contribution >= 0.6 is 0 Å². The highest BCUT2D eigenvalue weighted by Crippen LogP contribution is 2.37. The summed E-state index contributed by atoms with van der Waals surface area (Å²) in [4.78, 5) is 0. The van der Waals surface area contributed by atoms with Crippen LogP contribution in [0.2, 0.25) is 18.1 Å². The van der Waals surface area contributed by atoms with Crippen molar-refractivity contribution in [1.29, 1.82) is 0 Å². The van der Waals surface area contributed by atoms with Crippen LogP contribution in [0, 0.1) is 0 Å². The number of rotatable bonds is 3. The van der Waals surface area contributed by atoms with Crippen LogP contribution in [-0.4, -0.2) is 13.4 Å². The Morgan fingerprint density at radius 1 is 0.810 bits per heavy atom. The van der Waals surface area contributed by atoms with Crippen molar-refractivity contribution in [3.05, 3.63) is 48.5 Å². The molecule has 0 heterocycles. The minimum absolute atomic E-state index is 0.197. The largest absolute Gasteiger partial charge is 0.544 e. The Hall–Kier alpha value is -1.74. The summed E-state index contributed by atoms with van der Waals surface area (Å²) >= 11 is 0. The summed E-state index contributed by atoms with van der Waals surface area (Å²) in [5, 5.41) is 9.53. The van der Waals surface area contributed by atoms with Crippen molar-refractivity contribution in [2.75, 3.05) is 0 Å². The summed E-state index contributed by atoms with van der Waals surface area (Å²) in [7, 11) is -1.78. The topological polar surface area (TPSA) is 29.5 Å². The minimum Gasteiger partial charge on any atom is -0.544 e. The van der Waals surface area contributed by atoms with Crippen molar-refractivity contribution in [3.8, 4) is 22.6 Å². The highest BCUT2D eigenvalue weighted by molar-refractivity contribution is 6.74. The van der Waals surface area contributed by atoms with Crippen LogP contribution in [0.25, 0.3) is 11.1 Å². The van der Waals surface area contributed by atoms with Crippen molar-refractivity contribution in [2.24, 2.45) is 0 Å². The molecule has 0 radical (unpaired) electrons. The Balaban J connectivity index is 2.18. The maximum Gasteiger partial charge on any atom is 0.250 e. The van der Waals surface area contributed by atoms with Crippen molar-refractivity contribution in [1.82, 2.24) is 0 Å². The summed E-state index contributed by atoms with van der Waals surface area (Å²) in [6, 6.07) is 15.4. The van der Waals surface area contributed by atoms with Gasteiger partial charge in [-0.25, -0.2) is 0 Å². The van der Waals surface area contributed by atoms with E-state index in [4.69, 9.17) is 4.43 Å². The van der Waals surface area contributed by atoms with Crippen LogP contribution in [0.5, 0.6) is 11.5 Å².